The number of hydrogen-bond donors (Lipinski definition) is 1. The van der Waals surface area contributed by atoms with Gasteiger partial charge in [0.1, 0.15) is 22.5 Å². The zero-order chi connectivity index (χ0) is 16.8. The zero-order valence-electron chi connectivity index (χ0n) is 13.1. The molecular formula is C14H18N4O4S. The van der Waals surface area contributed by atoms with Crippen LogP contribution in [0.5, 0.6) is 0 Å². The summed E-state index contributed by atoms with van der Waals surface area (Å²) >= 11 is 0. The summed E-state index contributed by atoms with van der Waals surface area (Å²) in [4.78, 5) is 14.1. The number of nitrogens with zero attached hydrogens (tertiary/aromatic N) is 3. The van der Waals surface area contributed by atoms with Gasteiger partial charge in [-0.25, -0.2) is 8.42 Å². The van der Waals surface area contributed by atoms with Crippen LogP contribution in [-0.4, -0.2) is 36.7 Å². The average Bonchev–Trinajstić information content (AvgIpc) is 3.12. The molecule has 3 rings (SSSR count). The Bertz CT molecular complexity index is 852. The Labute approximate surface area is 134 Å². The van der Waals surface area contributed by atoms with Crippen molar-refractivity contribution in [3.8, 4) is 0 Å². The van der Waals surface area contributed by atoms with Crippen molar-refractivity contribution >= 4 is 21.6 Å². The standard InChI is InChI=1S/C14H18N4O4S/c1-9-6-13(10(2)22-9)23(20,21)16-12-4-5-18(14(12)19)11-7-15-17(3)8-11/h6-8,12,16H,4-5H2,1-3H3/t12-/m1/s1. The van der Waals surface area contributed by atoms with Gasteiger partial charge < -0.3 is 9.32 Å². The van der Waals surface area contributed by atoms with Crippen molar-refractivity contribution in [2.75, 3.05) is 11.4 Å². The second-order valence-corrected chi connectivity index (χ2v) is 7.28. The fraction of sp³-hybridized carbons (Fsp3) is 0.429. The molecule has 0 unspecified atom stereocenters. The molecule has 0 saturated carbocycles. The molecule has 1 amide bonds. The minimum Gasteiger partial charge on any atom is -0.465 e. The van der Waals surface area contributed by atoms with Crippen molar-refractivity contribution in [1.29, 1.82) is 0 Å². The summed E-state index contributed by atoms with van der Waals surface area (Å²) in [7, 11) is -2.04. The molecule has 2 aromatic heterocycles. The third-order valence-corrected chi connectivity index (χ3v) is 5.37. The van der Waals surface area contributed by atoms with Crippen LogP contribution in [0.1, 0.15) is 17.9 Å². The Morgan fingerprint density at radius 2 is 2.13 bits per heavy atom. The Morgan fingerprint density at radius 3 is 2.70 bits per heavy atom. The highest BCUT2D eigenvalue weighted by molar-refractivity contribution is 7.89. The van der Waals surface area contributed by atoms with Crippen molar-refractivity contribution in [3.05, 3.63) is 30.0 Å². The van der Waals surface area contributed by atoms with Crippen LogP contribution in [0.3, 0.4) is 0 Å². The maximum atomic E-state index is 12.5. The number of hydrogen-bond acceptors (Lipinski definition) is 5. The number of aromatic nitrogens is 2. The topological polar surface area (TPSA) is 97.4 Å². The molecule has 0 radical (unpaired) electrons. The van der Waals surface area contributed by atoms with Crippen LogP contribution in [0.4, 0.5) is 5.69 Å². The van der Waals surface area contributed by atoms with Crippen LogP contribution >= 0.6 is 0 Å². The lowest BCUT2D eigenvalue weighted by molar-refractivity contribution is -0.118. The highest BCUT2D eigenvalue weighted by Crippen LogP contribution is 2.24. The predicted octanol–water partition coefficient (Wildman–Crippen LogP) is 0.714. The molecule has 124 valence electrons. The Balaban J connectivity index is 1.79. The number of carbonyl (C=O) groups is 1. The van der Waals surface area contributed by atoms with Crippen LogP contribution in [0, 0.1) is 13.8 Å². The van der Waals surface area contributed by atoms with Crippen molar-refractivity contribution in [1.82, 2.24) is 14.5 Å². The van der Waals surface area contributed by atoms with Crippen LogP contribution in [0.2, 0.25) is 0 Å². The number of furan rings is 1. The van der Waals surface area contributed by atoms with E-state index in [4.69, 9.17) is 4.42 Å². The van der Waals surface area contributed by atoms with Gasteiger partial charge in [0, 0.05) is 19.8 Å². The fourth-order valence-electron chi connectivity index (χ4n) is 2.72. The number of aryl methyl sites for hydroxylation is 3. The smallest absolute Gasteiger partial charge is 0.245 e. The van der Waals surface area contributed by atoms with E-state index in [2.05, 4.69) is 9.82 Å². The second kappa shape index (κ2) is 5.50. The van der Waals surface area contributed by atoms with E-state index in [1.807, 2.05) is 0 Å². The van der Waals surface area contributed by atoms with Gasteiger partial charge >= 0.3 is 0 Å². The maximum Gasteiger partial charge on any atom is 0.245 e. The first kappa shape index (κ1) is 15.8. The normalized spacial score (nSPS) is 18.8. The van der Waals surface area contributed by atoms with Crippen molar-refractivity contribution in [2.24, 2.45) is 7.05 Å². The minimum atomic E-state index is -3.80. The molecule has 0 aliphatic carbocycles. The molecule has 1 N–H and O–H groups in total. The molecule has 1 saturated heterocycles. The Kier molecular flexibility index (Phi) is 3.77. The first-order chi connectivity index (χ1) is 10.8. The van der Waals surface area contributed by atoms with E-state index in [-0.39, 0.29) is 10.8 Å². The maximum absolute atomic E-state index is 12.5. The van der Waals surface area contributed by atoms with E-state index in [9.17, 15) is 13.2 Å². The van der Waals surface area contributed by atoms with Crippen LogP contribution < -0.4 is 9.62 Å². The monoisotopic (exact) mass is 338 g/mol. The van der Waals surface area contributed by atoms with Gasteiger partial charge in [0.2, 0.25) is 15.9 Å². The summed E-state index contributed by atoms with van der Waals surface area (Å²) in [6, 6.07) is 0.672. The SMILES string of the molecule is Cc1cc(S(=O)(=O)N[C@@H]2CCN(c3cnn(C)c3)C2=O)c(C)o1. The fourth-order valence-corrected chi connectivity index (χ4v) is 4.18. The third kappa shape index (κ3) is 2.89. The summed E-state index contributed by atoms with van der Waals surface area (Å²) < 4.78 is 34.2. The molecule has 1 aliphatic rings. The van der Waals surface area contributed by atoms with Crippen LogP contribution in [0.25, 0.3) is 0 Å². The van der Waals surface area contributed by atoms with Gasteiger partial charge in [-0.15, -0.1) is 0 Å². The van der Waals surface area contributed by atoms with E-state index in [1.54, 1.807) is 38.0 Å². The lowest BCUT2D eigenvalue weighted by Crippen LogP contribution is -2.41. The first-order valence-electron chi connectivity index (χ1n) is 7.17. The largest absolute Gasteiger partial charge is 0.465 e. The van der Waals surface area contributed by atoms with Gasteiger partial charge in [-0.3, -0.25) is 9.48 Å². The van der Waals surface area contributed by atoms with Gasteiger partial charge in [0.05, 0.1) is 11.9 Å². The third-order valence-electron chi connectivity index (χ3n) is 3.79. The molecule has 3 heterocycles. The summed E-state index contributed by atoms with van der Waals surface area (Å²) in [5.74, 6) is 0.543. The highest BCUT2D eigenvalue weighted by atomic mass is 32.2. The lowest BCUT2D eigenvalue weighted by Gasteiger charge is -2.15. The van der Waals surface area contributed by atoms with Gasteiger partial charge in [-0.2, -0.15) is 9.82 Å². The molecule has 2 aromatic rings. The van der Waals surface area contributed by atoms with Gasteiger partial charge in [0.15, 0.2) is 0 Å². The summed E-state index contributed by atoms with van der Waals surface area (Å²) in [5.41, 5.74) is 0.662. The molecule has 8 nitrogen and oxygen atoms in total. The van der Waals surface area contributed by atoms with Gasteiger partial charge in [-0.05, 0) is 26.3 Å². The van der Waals surface area contributed by atoms with Crippen LogP contribution in [0.15, 0.2) is 27.8 Å². The summed E-state index contributed by atoms with van der Waals surface area (Å²) in [6.07, 6.45) is 3.71. The van der Waals surface area contributed by atoms with E-state index >= 15 is 0 Å². The molecule has 1 atom stereocenters. The quantitative estimate of drug-likeness (QED) is 0.885. The summed E-state index contributed by atoms with van der Waals surface area (Å²) in [5, 5.41) is 4.03. The zero-order valence-corrected chi connectivity index (χ0v) is 13.9. The molecule has 1 aliphatic heterocycles. The van der Waals surface area contributed by atoms with Gasteiger partial charge in [0.25, 0.3) is 0 Å². The van der Waals surface area contributed by atoms with Gasteiger partial charge in [-0.1, -0.05) is 0 Å². The lowest BCUT2D eigenvalue weighted by atomic mass is 10.3. The molecule has 23 heavy (non-hydrogen) atoms. The predicted molar refractivity (Wildman–Crippen MR) is 82.5 cm³/mol. The number of nitrogens with one attached hydrogen (secondary N) is 1. The summed E-state index contributed by atoms with van der Waals surface area (Å²) in [6.45, 7) is 3.71. The molecule has 0 spiro atoms. The Hall–Kier alpha value is -2.13. The molecule has 0 aromatic carbocycles. The number of carbonyl (C=O) groups excluding carboxylic acids is 1. The average molecular weight is 338 g/mol. The number of rotatable bonds is 4. The van der Waals surface area contributed by atoms with E-state index < -0.39 is 16.1 Å². The number of amides is 1. The van der Waals surface area contributed by atoms with E-state index in [1.165, 1.54) is 11.0 Å². The van der Waals surface area contributed by atoms with Crippen molar-refractivity contribution in [3.63, 3.8) is 0 Å². The van der Waals surface area contributed by atoms with Crippen LogP contribution in [-0.2, 0) is 21.9 Å². The Morgan fingerprint density at radius 1 is 1.39 bits per heavy atom. The molecule has 1 fully saturated rings. The van der Waals surface area contributed by atoms with Crippen molar-refractivity contribution < 1.29 is 17.6 Å². The number of sulfonamides is 1. The first-order valence-corrected chi connectivity index (χ1v) is 8.65. The van der Waals surface area contributed by atoms with E-state index in [0.29, 0.717) is 30.2 Å². The molecule has 0 bridgehead atoms. The van der Waals surface area contributed by atoms with Crippen molar-refractivity contribution in [2.45, 2.75) is 31.2 Å². The molecular weight excluding hydrogens is 320 g/mol. The number of anilines is 1. The second-order valence-electron chi connectivity index (χ2n) is 5.60. The highest BCUT2D eigenvalue weighted by Gasteiger charge is 2.36. The molecule has 9 heteroatoms. The van der Waals surface area contributed by atoms with E-state index in [0.717, 1.165) is 0 Å². The minimum absolute atomic E-state index is 0.0719.